The summed E-state index contributed by atoms with van der Waals surface area (Å²) in [6.45, 7) is 0.460. The van der Waals surface area contributed by atoms with Crippen molar-refractivity contribution in [3.63, 3.8) is 0 Å². The highest BCUT2D eigenvalue weighted by atomic mass is 32.2. The van der Waals surface area contributed by atoms with E-state index < -0.39 is 22.1 Å². The van der Waals surface area contributed by atoms with Crippen molar-refractivity contribution in [1.82, 2.24) is 4.31 Å². The van der Waals surface area contributed by atoms with Crippen LogP contribution in [0.3, 0.4) is 0 Å². The molecule has 1 aromatic rings. The largest absolute Gasteiger partial charge is 0.481 e. The fourth-order valence-electron chi connectivity index (χ4n) is 2.28. The molecule has 1 aromatic carbocycles. The molecule has 0 spiro atoms. The van der Waals surface area contributed by atoms with Gasteiger partial charge in [0.15, 0.2) is 0 Å². The van der Waals surface area contributed by atoms with Crippen LogP contribution in [0.1, 0.15) is 12.8 Å². The van der Waals surface area contributed by atoms with Gasteiger partial charge in [-0.15, -0.1) is 11.8 Å². The number of carboxylic acid groups (broad SMARTS) is 1. The number of carbonyl (C=O) groups is 1. The monoisotopic (exact) mass is 330 g/mol. The van der Waals surface area contributed by atoms with Crippen LogP contribution in [0.2, 0.25) is 0 Å². The molecule has 0 saturated carbocycles. The third kappa shape index (κ3) is 3.90. The molecule has 6 nitrogen and oxygen atoms in total. The van der Waals surface area contributed by atoms with Crippen LogP contribution < -0.4 is 4.72 Å². The summed E-state index contributed by atoms with van der Waals surface area (Å²) in [5, 5.41) is 8.94. The Morgan fingerprint density at radius 3 is 2.52 bits per heavy atom. The van der Waals surface area contributed by atoms with Crippen LogP contribution in [0.15, 0.2) is 29.2 Å². The van der Waals surface area contributed by atoms with Crippen LogP contribution in [0.25, 0.3) is 0 Å². The molecule has 0 unspecified atom stereocenters. The average Bonchev–Trinajstić information content (AvgIpc) is 2.47. The van der Waals surface area contributed by atoms with Crippen molar-refractivity contribution in [2.24, 2.45) is 5.92 Å². The summed E-state index contributed by atoms with van der Waals surface area (Å²) in [5.41, 5.74) is 0.547. The highest BCUT2D eigenvalue weighted by molar-refractivity contribution is 7.98. The van der Waals surface area contributed by atoms with E-state index in [9.17, 15) is 13.2 Å². The zero-order valence-corrected chi connectivity index (χ0v) is 13.3. The molecule has 1 aliphatic heterocycles. The summed E-state index contributed by atoms with van der Waals surface area (Å²) in [6.07, 6.45) is 2.58. The van der Waals surface area contributed by atoms with E-state index in [1.807, 2.05) is 18.4 Å². The molecule has 116 valence electrons. The van der Waals surface area contributed by atoms with Gasteiger partial charge in [-0.2, -0.15) is 12.7 Å². The van der Waals surface area contributed by atoms with Crippen molar-refractivity contribution in [2.45, 2.75) is 17.7 Å². The second kappa shape index (κ2) is 6.67. The molecule has 0 atom stereocenters. The Balaban J connectivity index is 2.08. The number of hydrogen-bond acceptors (Lipinski definition) is 4. The Bertz CT molecular complexity index is 610. The number of hydrogen-bond donors (Lipinski definition) is 2. The molecule has 1 fully saturated rings. The van der Waals surface area contributed by atoms with Crippen molar-refractivity contribution in [2.75, 3.05) is 24.1 Å². The first-order chi connectivity index (χ1) is 9.94. The first-order valence-electron chi connectivity index (χ1n) is 6.58. The van der Waals surface area contributed by atoms with Crippen LogP contribution in [0.4, 0.5) is 5.69 Å². The molecule has 2 rings (SSSR count). The third-order valence-electron chi connectivity index (χ3n) is 3.49. The van der Waals surface area contributed by atoms with Crippen LogP contribution in [-0.2, 0) is 15.0 Å². The van der Waals surface area contributed by atoms with Gasteiger partial charge in [-0.25, -0.2) is 0 Å². The third-order valence-corrected chi connectivity index (χ3v) is 5.81. The SMILES string of the molecule is CSc1ccccc1NS(=O)(=O)N1CCC(C(=O)O)CC1. The van der Waals surface area contributed by atoms with Gasteiger partial charge in [-0.3, -0.25) is 9.52 Å². The fourth-order valence-corrected chi connectivity index (χ4v) is 4.17. The number of carboxylic acids is 1. The van der Waals surface area contributed by atoms with Gasteiger partial charge in [0.25, 0.3) is 0 Å². The highest BCUT2D eigenvalue weighted by Gasteiger charge is 2.31. The number of thioether (sulfide) groups is 1. The molecule has 21 heavy (non-hydrogen) atoms. The summed E-state index contributed by atoms with van der Waals surface area (Å²) in [6, 6.07) is 7.18. The molecule has 1 saturated heterocycles. The molecule has 1 aliphatic rings. The quantitative estimate of drug-likeness (QED) is 0.805. The summed E-state index contributed by atoms with van der Waals surface area (Å²) in [5.74, 6) is -1.30. The van der Waals surface area contributed by atoms with E-state index in [0.29, 0.717) is 18.5 Å². The number of nitrogens with one attached hydrogen (secondary N) is 1. The van der Waals surface area contributed by atoms with E-state index in [4.69, 9.17) is 5.11 Å². The fraction of sp³-hybridized carbons (Fsp3) is 0.462. The zero-order valence-electron chi connectivity index (χ0n) is 11.7. The van der Waals surface area contributed by atoms with Crippen molar-refractivity contribution < 1.29 is 18.3 Å². The standard InChI is InChI=1S/C13H18N2O4S2/c1-20-12-5-3-2-4-11(12)14-21(18,19)15-8-6-10(7-9-15)13(16)17/h2-5,10,14H,6-9H2,1H3,(H,16,17). The predicted octanol–water partition coefficient (Wildman–Crippen LogP) is 1.86. The molecule has 8 heteroatoms. The highest BCUT2D eigenvalue weighted by Crippen LogP contribution is 2.27. The van der Waals surface area contributed by atoms with Crippen molar-refractivity contribution >= 4 is 33.6 Å². The minimum atomic E-state index is -3.64. The van der Waals surface area contributed by atoms with E-state index in [1.165, 1.54) is 16.1 Å². The van der Waals surface area contributed by atoms with Crippen molar-refractivity contribution in [1.29, 1.82) is 0 Å². The maximum atomic E-state index is 12.4. The lowest BCUT2D eigenvalue weighted by Crippen LogP contribution is -2.43. The van der Waals surface area contributed by atoms with E-state index >= 15 is 0 Å². The smallest absolute Gasteiger partial charge is 0.306 e. The van der Waals surface area contributed by atoms with Gasteiger partial charge in [0.2, 0.25) is 0 Å². The second-order valence-corrected chi connectivity index (χ2v) is 7.34. The van der Waals surface area contributed by atoms with Crippen LogP contribution in [0.5, 0.6) is 0 Å². The predicted molar refractivity (Wildman–Crippen MR) is 82.7 cm³/mol. The molecular formula is C13H18N2O4S2. The Morgan fingerprint density at radius 1 is 1.33 bits per heavy atom. The minimum absolute atomic E-state index is 0.230. The Labute approximate surface area is 128 Å². The Morgan fingerprint density at radius 2 is 1.95 bits per heavy atom. The molecule has 0 bridgehead atoms. The molecule has 0 aliphatic carbocycles. The maximum absolute atomic E-state index is 12.4. The first-order valence-corrected chi connectivity index (χ1v) is 9.24. The molecule has 0 aromatic heterocycles. The van der Waals surface area contributed by atoms with Gasteiger partial charge < -0.3 is 5.11 Å². The van der Waals surface area contributed by atoms with Gasteiger partial charge in [0, 0.05) is 18.0 Å². The van der Waals surface area contributed by atoms with E-state index in [1.54, 1.807) is 12.1 Å². The molecular weight excluding hydrogens is 312 g/mol. The number of para-hydroxylation sites is 1. The number of anilines is 1. The Kier molecular flexibility index (Phi) is 5.13. The normalized spacial score (nSPS) is 17.6. The Hall–Kier alpha value is -1.25. The molecule has 1 heterocycles. The molecule has 2 N–H and O–H groups in total. The van der Waals surface area contributed by atoms with Crippen LogP contribution in [-0.4, -0.2) is 43.1 Å². The number of nitrogens with zero attached hydrogens (tertiary/aromatic N) is 1. The van der Waals surface area contributed by atoms with Gasteiger partial charge in [0.05, 0.1) is 11.6 Å². The van der Waals surface area contributed by atoms with Crippen molar-refractivity contribution in [3.8, 4) is 0 Å². The second-order valence-electron chi connectivity index (χ2n) is 4.82. The maximum Gasteiger partial charge on any atom is 0.306 e. The number of benzene rings is 1. The topological polar surface area (TPSA) is 86.7 Å². The van der Waals surface area contributed by atoms with Crippen molar-refractivity contribution in [3.05, 3.63) is 24.3 Å². The van der Waals surface area contributed by atoms with Gasteiger partial charge >= 0.3 is 16.2 Å². The average molecular weight is 330 g/mol. The van der Waals surface area contributed by atoms with Gasteiger partial charge in [0.1, 0.15) is 0 Å². The summed E-state index contributed by atoms with van der Waals surface area (Å²) < 4.78 is 28.6. The zero-order chi connectivity index (χ0) is 15.5. The first kappa shape index (κ1) is 16.1. The van der Waals surface area contributed by atoms with Crippen LogP contribution >= 0.6 is 11.8 Å². The summed E-state index contributed by atoms with van der Waals surface area (Å²) in [4.78, 5) is 11.7. The van der Waals surface area contributed by atoms with E-state index in [0.717, 1.165) is 4.90 Å². The summed E-state index contributed by atoms with van der Waals surface area (Å²) in [7, 11) is -3.64. The van der Waals surface area contributed by atoms with E-state index in [2.05, 4.69) is 4.72 Å². The van der Waals surface area contributed by atoms with Crippen LogP contribution in [0, 0.1) is 5.92 Å². The van der Waals surface area contributed by atoms with Gasteiger partial charge in [-0.05, 0) is 31.2 Å². The number of aliphatic carboxylic acids is 1. The lowest BCUT2D eigenvalue weighted by atomic mass is 9.99. The molecule has 0 radical (unpaired) electrons. The number of piperidine rings is 1. The lowest BCUT2D eigenvalue weighted by Gasteiger charge is -2.29. The summed E-state index contributed by atoms with van der Waals surface area (Å²) >= 11 is 1.46. The molecule has 0 amide bonds. The van der Waals surface area contributed by atoms with E-state index in [-0.39, 0.29) is 13.1 Å². The minimum Gasteiger partial charge on any atom is -0.481 e. The van der Waals surface area contributed by atoms with Gasteiger partial charge in [-0.1, -0.05) is 12.1 Å². The lowest BCUT2D eigenvalue weighted by molar-refractivity contribution is -0.142. The number of rotatable bonds is 5.